The van der Waals surface area contributed by atoms with Crippen LogP contribution in [0.1, 0.15) is 26.7 Å². The van der Waals surface area contributed by atoms with Crippen molar-refractivity contribution in [3.05, 3.63) is 18.2 Å². The number of hydrogen-bond donors (Lipinski definition) is 1. The van der Waals surface area contributed by atoms with E-state index >= 15 is 0 Å². The fourth-order valence-corrected chi connectivity index (χ4v) is 3.18. The Bertz CT molecular complexity index is 674. The smallest absolute Gasteiger partial charge is 0.232 e. The minimum absolute atomic E-state index is 0.0367. The van der Waals surface area contributed by atoms with Crippen molar-refractivity contribution in [3.8, 4) is 11.5 Å². The second kappa shape index (κ2) is 9.50. The standard InChI is InChI=1S/C17H28N2O5S/c1-13(2)8-10-18-17(20)9-11-19(25(5,21)22)15-7-6-14(23-3)12-16(15)24-4/h6-7,12-13H,8-11H2,1-5H3,(H,18,20). The molecule has 0 radical (unpaired) electrons. The maximum absolute atomic E-state index is 12.2. The van der Waals surface area contributed by atoms with Gasteiger partial charge in [0.25, 0.3) is 0 Å². The molecule has 1 N–H and O–H groups in total. The molecule has 1 aromatic rings. The fourth-order valence-electron chi connectivity index (χ4n) is 2.25. The average molecular weight is 372 g/mol. The Morgan fingerprint density at radius 3 is 2.44 bits per heavy atom. The van der Waals surface area contributed by atoms with Gasteiger partial charge in [-0.1, -0.05) is 13.8 Å². The van der Waals surface area contributed by atoms with Crippen LogP contribution in [0.25, 0.3) is 0 Å². The summed E-state index contributed by atoms with van der Waals surface area (Å²) in [5.41, 5.74) is 0.376. The zero-order valence-electron chi connectivity index (χ0n) is 15.5. The van der Waals surface area contributed by atoms with E-state index in [1.54, 1.807) is 18.2 Å². The molecule has 0 fully saturated rings. The van der Waals surface area contributed by atoms with Gasteiger partial charge in [0.2, 0.25) is 15.9 Å². The van der Waals surface area contributed by atoms with E-state index in [0.717, 1.165) is 12.7 Å². The van der Waals surface area contributed by atoms with E-state index in [1.807, 2.05) is 0 Å². The summed E-state index contributed by atoms with van der Waals surface area (Å²) in [6.07, 6.45) is 2.06. The number of carbonyl (C=O) groups is 1. The molecule has 7 nitrogen and oxygen atoms in total. The molecular weight excluding hydrogens is 344 g/mol. The van der Waals surface area contributed by atoms with Gasteiger partial charge in [0, 0.05) is 25.6 Å². The summed E-state index contributed by atoms with van der Waals surface area (Å²) in [4.78, 5) is 12.0. The number of carbonyl (C=O) groups excluding carboxylic acids is 1. The summed E-state index contributed by atoms with van der Waals surface area (Å²) in [5.74, 6) is 1.24. The summed E-state index contributed by atoms with van der Waals surface area (Å²) >= 11 is 0. The molecule has 1 amide bonds. The highest BCUT2D eigenvalue weighted by molar-refractivity contribution is 7.92. The minimum Gasteiger partial charge on any atom is -0.497 e. The average Bonchev–Trinajstić information content (AvgIpc) is 2.53. The van der Waals surface area contributed by atoms with E-state index in [4.69, 9.17) is 9.47 Å². The molecule has 8 heteroatoms. The summed E-state index contributed by atoms with van der Waals surface area (Å²) in [7, 11) is -0.593. The molecule has 0 saturated carbocycles. The van der Waals surface area contributed by atoms with Gasteiger partial charge in [0.15, 0.2) is 0 Å². The van der Waals surface area contributed by atoms with Gasteiger partial charge in [0.1, 0.15) is 11.5 Å². The third kappa shape index (κ3) is 6.81. The van der Waals surface area contributed by atoms with Gasteiger partial charge in [-0.3, -0.25) is 9.10 Å². The number of benzene rings is 1. The summed E-state index contributed by atoms with van der Waals surface area (Å²) in [6, 6.07) is 4.87. The Kier molecular flexibility index (Phi) is 8.02. The molecule has 0 spiro atoms. The van der Waals surface area contributed by atoms with E-state index in [-0.39, 0.29) is 18.9 Å². The maximum atomic E-state index is 12.2. The summed E-state index contributed by atoms with van der Waals surface area (Å²) < 4.78 is 35.9. The molecule has 0 aromatic heterocycles. The van der Waals surface area contributed by atoms with Crippen molar-refractivity contribution < 1.29 is 22.7 Å². The maximum Gasteiger partial charge on any atom is 0.232 e. The Balaban J connectivity index is 2.88. The topological polar surface area (TPSA) is 84.9 Å². The first-order valence-electron chi connectivity index (χ1n) is 8.15. The highest BCUT2D eigenvalue weighted by Crippen LogP contribution is 2.33. The number of rotatable bonds is 10. The van der Waals surface area contributed by atoms with Crippen molar-refractivity contribution >= 4 is 21.6 Å². The van der Waals surface area contributed by atoms with Crippen molar-refractivity contribution in [1.29, 1.82) is 0 Å². The zero-order valence-corrected chi connectivity index (χ0v) is 16.4. The van der Waals surface area contributed by atoms with Crippen molar-refractivity contribution in [3.63, 3.8) is 0 Å². The van der Waals surface area contributed by atoms with Crippen LogP contribution in [0.4, 0.5) is 5.69 Å². The molecule has 1 aromatic carbocycles. The number of anilines is 1. The van der Waals surface area contributed by atoms with E-state index < -0.39 is 10.0 Å². The molecule has 0 atom stereocenters. The van der Waals surface area contributed by atoms with Crippen LogP contribution in [-0.2, 0) is 14.8 Å². The van der Waals surface area contributed by atoms with Crippen LogP contribution in [0.15, 0.2) is 18.2 Å². The second-order valence-electron chi connectivity index (χ2n) is 6.16. The number of ether oxygens (including phenoxy) is 2. The van der Waals surface area contributed by atoms with Crippen molar-refractivity contribution in [2.24, 2.45) is 5.92 Å². The normalized spacial score (nSPS) is 11.3. The van der Waals surface area contributed by atoms with E-state index in [2.05, 4.69) is 19.2 Å². The Morgan fingerprint density at radius 2 is 1.92 bits per heavy atom. The molecule has 0 aliphatic heterocycles. The van der Waals surface area contributed by atoms with E-state index in [9.17, 15) is 13.2 Å². The van der Waals surface area contributed by atoms with Crippen molar-refractivity contribution in [2.75, 3.05) is 37.9 Å². The minimum atomic E-state index is -3.57. The summed E-state index contributed by atoms with van der Waals surface area (Å²) in [5, 5.41) is 2.81. The first-order valence-corrected chi connectivity index (χ1v) is 10.00. The number of sulfonamides is 1. The first-order chi connectivity index (χ1) is 11.7. The fraction of sp³-hybridized carbons (Fsp3) is 0.588. The van der Waals surface area contributed by atoms with Crippen LogP contribution in [0.5, 0.6) is 11.5 Å². The highest BCUT2D eigenvalue weighted by Gasteiger charge is 2.22. The molecule has 0 aliphatic carbocycles. The van der Waals surface area contributed by atoms with Crippen LogP contribution in [0, 0.1) is 5.92 Å². The number of nitrogens with zero attached hydrogens (tertiary/aromatic N) is 1. The number of amides is 1. The first kappa shape index (κ1) is 21.1. The van der Waals surface area contributed by atoms with Crippen LogP contribution in [0.2, 0.25) is 0 Å². The second-order valence-corrected chi connectivity index (χ2v) is 8.06. The van der Waals surface area contributed by atoms with Crippen molar-refractivity contribution in [1.82, 2.24) is 5.32 Å². The predicted octanol–water partition coefficient (Wildman–Crippen LogP) is 2.02. The number of hydrogen-bond acceptors (Lipinski definition) is 5. The van der Waals surface area contributed by atoms with Gasteiger partial charge in [-0.25, -0.2) is 8.42 Å². The van der Waals surface area contributed by atoms with Gasteiger partial charge in [0.05, 0.1) is 26.2 Å². The van der Waals surface area contributed by atoms with Gasteiger partial charge in [-0.15, -0.1) is 0 Å². The van der Waals surface area contributed by atoms with Gasteiger partial charge < -0.3 is 14.8 Å². The van der Waals surface area contributed by atoms with Crippen molar-refractivity contribution in [2.45, 2.75) is 26.7 Å². The third-order valence-electron chi connectivity index (χ3n) is 3.64. The Hall–Kier alpha value is -1.96. The largest absolute Gasteiger partial charge is 0.497 e. The molecule has 142 valence electrons. The van der Waals surface area contributed by atoms with Crippen LogP contribution >= 0.6 is 0 Å². The Morgan fingerprint density at radius 1 is 1.24 bits per heavy atom. The van der Waals surface area contributed by atoms with Crippen LogP contribution in [0.3, 0.4) is 0 Å². The lowest BCUT2D eigenvalue weighted by Crippen LogP contribution is -2.35. The molecule has 0 bridgehead atoms. The van der Waals surface area contributed by atoms with E-state index in [0.29, 0.717) is 29.6 Å². The molecule has 0 unspecified atom stereocenters. The molecular formula is C17H28N2O5S. The lowest BCUT2D eigenvalue weighted by molar-refractivity contribution is -0.120. The lowest BCUT2D eigenvalue weighted by atomic mass is 10.1. The predicted molar refractivity (Wildman–Crippen MR) is 98.8 cm³/mol. The highest BCUT2D eigenvalue weighted by atomic mass is 32.2. The monoisotopic (exact) mass is 372 g/mol. The van der Waals surface area contributed by atoms with Gasteiger partial charge >= 0.3 is 0 Å². The number of nitrogens with one attached hydrogen (secondary N) is 1. The third-order valence-corrected chi connectivity index (χ3v) is 4.82. The van der Waals surface area contributed by atoms with Crippen LogP contribution < -0.4 is 19.1 Å². The lowest BCUT2D eigenvalue weighted by Gasteiger charge is -2.24. The summed E-state index contributed by atoms with van der Waals surface area (Å²) in [6.45, 7) is 4.78. The molecule has 0 aliphatic rings. The Labute approximate surface area is 150 Å². The van der Waals surface area contributed by atoms with Gasteiger partial charge in [-0.05, 0) is 24.5 Å². The van der Waals surface area contributed by atoms with Gasteiger partial charge in [-0.2, -0.15) is 0 Å². The molecule has 1 rings (SSSR count). The van der Waals surface area contributed by atoms with E-state index in [1.165, 1.54) is 18.5 Å². The SMILES string of the molecule is COc1ccc(N(CCC(=O)NCCC(C)C)S(C)(=O)=O)c(OC)c1. The van der Waals surface area contributed by atoms with Crippen LogP contribution in [-0.4, -0.2) is 47.9 Å². The molecule has 0 saturated heterocycles. The molecule has 0 heterocycles. The number of methoxy groups -OCH3 is 2. The quantitative estimate of drug-likeness (QED) is 0.679. The zero-order chi connectivity index (χ0) is 19.0. The molecule has 25 heavy (non-hydrogen) atoms.